The van der Waals surface area contributed by atoms with Crippen LogP contribution in [-0.2, 0) is 14.8 Å². The van der Waals surface area contributed by atoms with Crippen molar-refractivity contribution >= 4 is 27.3 Å². The Labute approximate surface area is 147 Å². The predicted octanol–water partition coefficient (Wildman–Crippen LogP) is 3.01. The maximum Gasteiger partial charge on any atom is 0.261 e. The smallest absolute Gasteiger partial charge is 0.261 e. The lowest BCUT2D eigenvalue weighted by molar-refractivity contribution is -0.117. The van der Waals surface area contributed by atoms with Crippen LogP contribution in [0.3, 0.4) is 0 Å². The van der Waals surface area contributed by atoms with Gasteiger partial charge in [-0.1, -0.05) is 6.07 Å². The van der Waals surface area contributed by atoms with Crippen LogP contribution in [-0.4, -0.2) is 27.5 Å². The Bertz CT molecular complexity index is 863. The molecule has 0 aromatic heterocycles. The van der Waals surface area contributed by atoms with E-state index in [1.54, 1.807) is 41.3 Å². The molecule has 0 spiro atoms. The van der Waals surface area contributed by atoms with Gasteiger partial charge in [0.05, 0.1) is 17.2 Å². The quantitative estimate of drug-likeness (QED) is 0.859. The third-order valence-corrected chi connectivity index (χ3v) is 5.33. The zero-order valence-corrected chi connectivity index (χ0v) is 14.8. The number of sulfonamides is 1. The normalized spacial score (nSPS) is 14.6. The van der Waals surface area contributed by atoms with Crippen molar-refractivity contribution in [1.82, 2.24) is 0 Å². The summed E-state index contributed by atoms with van der Waals surface area (Å²) in [5, 5.41) is 0. The maximum absolute atomic E-state index is 12.5. The number of carbonyl (C=O) groups is 1. The number of rotatable bonds is 6. The van der Waals surface area contributed by atoms with E-state index in [0.29, 0.717) is 36.7 Å². The van der Waals surface area contributed by atoms with E-state index in [1.807, 2.05) is 6.92 Å². The van der Waals surface area contributed by atoms with Crippen molar-refractivity contribution in [2.24, 2.45) is 0 Å². The van der Waals surface area contributed by atoms with E-state index in [9.17, 15) is 13.2 Å². The molecule has 0 saturated carbocycles. The Kier molecular flexibility index (Phi) is 4.94. The van der Waals surface area contributed by atoms with Gasteiger partial charge in [0.2, 0.25) is 5.91 Å². The van der Waals surface area contributed by atoms with Gasteiger partial charge < -0.3 is 9.64 Å². The van der Waals surface area contributed by atoms with Gasteiger partial charge in [-0.05, 0) is 55.8 Å². The molecule has 0 atom stereocenters. The molecule has 1 amide bonds. The summed E-state index contributed by atoms with van der Waals surface area (Å²) < 4.78 is 33.0. The minimum Gasteiger partial charge on any atom is -0.494 e. The van der Waals surface area contributed by atoms with Gasteiger partial charge in [-0.2, -0.15) is 0 Å². The third kappa shape index (κ3) is 3.93. The summed E-state index contributed by atoms with van der Waals surface area (Å²) in [5.41, 5.74) is 1.13. The number of amides is 1. The monoisotopic (exact) mass is 360 g/mol. The lowest BCUT2D eigenvalue weighted by atomic mass is 10.2. The van der Waals surface area contributed by atoms with Crippen LogP contribution in [0.25, 0.3) is 0 Å². The highest BCUT2D eigenvalue weighted by atomic mass is 32.2. The highest BCUT2D eigenvalue weighted by Crippen LogP contribution is 2.26. The average Bonchev–Trinajstić information content (AvgIpc) is 3.02. The molecule has 1 N–H and O–H groups in total. The Morgan fingerprint density at radius 3 is 2.56 bits per heavy atom. The van der Waals surface area contributed by atoms with Gasteiger partial charge in [-0.25, -0.2) is 8.42 Å². The average molecular weight is 360 g/mol. The summed E-state index contributed by atoms with van der Waals surface area (Å²) in [6.45, 7) is 3.05. The Morgan fingerprint density at radius 1 is 1.16 bits per heavy atom. The van der Waals surface area contributed by atoms with Gasteiger partial charge in [-0.3, -0.25) is 9.52 Å². The molecule has 1 heterocycles. The first-order valence-corrected chi connectivity index (χ1v) is 9.64. The minimum atomic E-state index is -3.71. The van der Waals surface area contributed by atoms with Crippen LogP contribution < -0.4 is 14.4 Å². The largest absolute Gasteiger partial charge is 0.494 e. The lowest BCUT2D eigenvalue weighted by Gasteiger charge is -2.17. The summed E-state index contributed by atoms with van der Waals surface area (Å²) in [4.78, 5) is 13.7. The van der Waals surface area contributed by atoms with Crippen molar-refractivity contribution < 1.29 is 17.9 Å². The minimum absolute atomic E-state index is 0.0616. The molecule has 0 aliphatic carbocycles. The standard InChI is InChI=1S/C18H20N2O4S/c1-2-24-16-8-10-17(11-9-16)25(22,23)19-14-5-3-6-15(13-14)20-12-4-7-18(20)21/h3,5-6,8-11,13,19H,2,4,7,12H2,1H3. The van der Waals surface area contributed by atoms with Crippen LogP contribution in [0.4, 0.5) is 11.4 Å². The zero-order chi connectivity index (χ0) is 17.9. The van der Waals surface area contributed by atoms with Gasteiger partial charge in [0.25, 0.3) is 10.0 Å². The number of anilines is 2. The molecule has 3 rings (SSSR count). The fourth-order valence-corrected chi connectivity index (χ4v) is 3.80. The maximum atomic E-state index is 12.5. The van der Waals surface area contributed by atoms with Crippen LogP contribution in [0.1, 0.15) is 19.8 Å². The zero-order valence-electron chi connectivity index (χ0n) is 13.9. The van der Waals surface area contributed by atoms with Crippen molar-refractivity contribution in [3.8, 4) is 5.75 Å². The summed E-state index contributed by atoms with van der Waals surface area (Å²) in [5.74, 6) is 0.683. The number of nitrogens with one attached hydrogen (secondary N) is 1. The second kappa shape index (κ2) is 7.14. The van der Waals surface area contributed by atoms with Crippen molar-refractivity contribution in [1.29, 1.82) is 0 Å². The molecule has 1 fully saturated rings. The first-order chi connectivity index (χ1) is 12.0. The number of carbonyl (C=O) groups excluding carboxylic acids is 1. The molecule has 0 unspecified atom stereocenters. The van der Waals surface area contributed by atoms with Crippen LogP contribution in [0.15, 0.2) is 53.4 Å². The molecule has 25 heavy (non-hydrogen) atoms. The van der Waals surface area contributed by atoms with E-state index in [4.69, 9.17) is 4.74 Å². The Balaban J connectivity index is 1.79. The Morgan fingerprint density at radius 2 is 1.92 bits per heavy atom. The predicted molar refractivity (Wildman–Crippen MR) is 96.4 cm³/mol. The molecule has 0 bridgehead atoms. The second-order valence-electron chi connectivity index (χ2n) is 5.71. The molecular weight excluding hydrogens is 340 g/mol. The van der Waals surface area contributed by atoms with Gasteiger partial charge in [0, 0.05) is 18.7 Å². The molecular formula is C18H20N2O4S. The fraction of sp³-hybridized carbons (Fsp3) is 0.278. The van der Waals surface area contributed by atoms with E-state index < -0.39 is 10.0 Å². The van der Waals surface area contributed by atoms with E-state index in [-0.39, 0.29) is 10.8 Å². The van der Waals surface area contributed by atoms with E-state index in [0.717, 1.165) is 6.42 Å². The molecule has 1 aliphatic heterocycles. The topological polar surface area (TPSA) is 75.7 Å². The fourth-order valence-electron chi connectivity index (χ4n) is 2.75. The van der Waals surface area contributed by atoms with Crippen molar-refractivity contribution in [3.05, 3.63) is 48.5 Å². The van der Waals surface area contributed by atoms with Crippen LogP contribution in [0.5, 0.6) is 5.75 Å². The molecule has 7 heteroatoms. The second-order valence-corrected chi connectivity index (χ2v) is 7.39. The third-order valence-electron chi connectivity index (χ3n) is 3.93. The molecule has 1 aliphatic rings. The lowest BCUT2D eigenvalue weighted by Crippen LogP contribution is -2.23. The van der Waals surface area contributed by atoms with E-state index in [2.05, 4.69) is 4.72 Å². The Hall–Kier alpha value is -2.54. The van der Waals surface area contributed by atoms with Gasteiger partial charge >= 0.3 is 0 Å². The summed E-state index contributed by atoms with van der Waals surface area (Å²) in [6, 6.07) is 13.1. The van der Waals surface area contributed by atoms with Gasteiger partial charge in [0.15, 0.2) is 0 Å². The number of hydrogen-bond acceptors (Lipinski definition) is 4. The van der Waals surface area contributed by atoms with Crippen molar-refractivity contribution in [2.45, 2.75) is 24.7 Å². The number of benzene rings is 2. The highest BCUT2D eigenvalue weighted by Gasteiger charge is 2.22. The highest BCUT2D eigenvalue weighted by molar-refractivity contribution is 7.92. The summed E-state index contributed by atoms with van der Waals surface area (Å²) in [6.07, 6.45) is 1.35. The number of nitrogens with zero attached hydrogens (tertiary/aromatic N) is 1. The first kappa shape index (κ1) is 17.3. The van der Waals surface area contributed by atoms with Crippen molar-refractivity contribution in [3.63, 3.8) is 0 Å². The van der Waals surface area contributed by atoms with Crippen LogP contribution >= 0.6 is 0 Å². The molecule has 2 aromatic carbocycles. The summed E-state index contributed by atoms with van der Waals surface area (Å²) in [7, 11) is -3.71. The number of hydrogen-bond donors (Lipinski definition) is 1. The van der Waals surface area contributed by atoms with Crippen LogP contribution in [0.2, 0.25) is 0 Å². The number of ether oxygens (including phenoxy) is 1. The molecule has 2 aromatic rings. The molecule has 132 valence electrons. The summed E-state index contributed by atoms with van der Waals surface area (Å²) >= 11 is 0. The first-order valence-electron chi connectivity index (χ1n) is 8.16. The SMILES string of the molecule is CCOc1ccc(S(=O)(=O)Nc2cccc(N3CCCC3=O)c2)cc1. The molecule has 1 saturated heterocycles. The van der Waals surface area contributed by atoms with Crippen molar-refractivity contribution in [2.75, 3.05) is 22.8 Å². The molecule has 6 nitrogen and oxygen atoms in total. The van der Waals surface area contributed by atoms with Gasteiger partial charge in [0.1, 0.15) is 5.75 Å². The van der Waals surface area contributed by atoms with E-state index >= 15 is 0 Å². The van der Waals surface area contributed by atoms with E-state index in [1.165, 1.54) is 12.1 Å². The molecule has 0 radical (unpaired) electrons. The van der Waals surface area contributed by atoms with Crippen LogP contribution in [0, 0.1) is 0 Å². The van der Waals surface area contributed by atoms with Gasteiger partial charge in [-0.15, -0.1) is 0 Å².